The molecule has 90 valence electrons. The van der Waals surface area contributed by atoms with Gasteiger partial charge < -0.3 is 4.79 Å². The number of hydrogen-bond acceptors (Lipinski definition) is 1. The lowest BCUT2D eigenvalue weighted by Crippen LogP contribution is -1.92. The summed E-state index contributed by atoms with van der Waals surface area (Å²) in [6.07, 6.45) is 3.79. The second-order valence-electron chi connectivity index (χ2n) is 3.73. The molecule has 1 rings (SSSR count). The highest BCUT2D eigenvalue weighted by molar-refractivity contribution is 5.75. The zero-order chi connectivity index (χ0) is 12.4. The highest BCUT2D eigenvalue weighted by atomic mass is 16.1. The Kier molecular flexibility index (Phi) is 8.51. The predicted molar refractivity (Wildman–Crippen MR) is 70.8 cm³/mol. The Morgan fingerprint density at radius 2 is 1.56 bits per heavy atom. The van der Waals surface area contributed by atoms with Crippen LogP contribution in [0.1, 0.15) is 51.7 Å². The minimum atomic E-state index is 0.287. The van der Waals surface area contributed by atoms with E-state index in [0.29, 0.717) is 6.42 Å². The summed E-state index contributed by atoms with van der Waals surface area (Å²) in [5.41, 5.74) is 2.71. The van der Waals surface area contributed by atoms with Gasteiger partial charge in [0.25, 0.3) is 0 Å². The first kappa shape index (κ1) is 14.9. The van der Waals surface area contributed by atoms with Gasteiger partial charge in [0, 0.05) is 6.42 Å². The molecular formula is C15H24O. The van der Waals surface area contributed by atoms with Crippen LogP contribution < -0.4 is 0 Å². The van der Waals surface area contributed by atoms with Gasteiger partial charge in [-0.3, -0.25) is 0 Å². The number of aryl methyl sites for hydroxylation is 2. The Morgan fingerprint density at radius 3 is 2.00 bits per heavy atom. The van der Waals surface area contributed by atoms with Crippen LogP contribution in [0.25, 0.3) is 0 Å². The van der Waals surface area contributed by atoms with Crippen LogP contribution >= 0.6 is 0 Å². The lowest BCUT2D eigenvalue weighted by molar-refractivity contribution is -0.117. The van der Waals surface area contributed by atoms with E-state index in [0.717, 1.165) is 19.3 Å². The third-order valence-electron chi connectivity index (χ3n) is 2.43. The molecular weight excluding hydrogens is 196 g/mol. The van der Waals surface area contributed by atoms with Gasteiger partial charge in [0.1, 0.15) is 5.78 Å². The third kappa shape index (κ3) is 6.39. The van der Waals surface area contributed by atoms with Crippen LogP contribution in [0.2, 0.25) is 0 Å². The molecule has 0 spiro atoms. The molecule has 1 nitrogen and oxygen atoms in total. The molecule has 0 aliphatic heterocycles. The molecule has 16 heavy (non-hydrogen) atoms. The molecule has 1 heteroatoms. The fourth-order valence-electron chi connectivity index (χ4n) is 1.48. The van der Waals surface area contributed by atoms with E-state index in [9.17, 15) is 4.79 Å². The first-order valence-electron chi connectivity index (χ1n) is 6.29. The molecule has 0 heterocycles. The predicted octanol–water partition coefficient (Wildman–Crippen LogP) is 4.19. The molecule has 1 aromatic carbocycles. The molecule has 0 N–H and O–H groups in total. The molecule has 0 saturated carbocycles. The maximum atomic E-state index is 10.7. The summed E-state index contributed by atoms with van der Waals surface area (Å²) in [5.74, 6) is 0.287. The fourth-order valence-corrected chi connectivity index (χ4v) is 1.48. The zero-order valence-electron chi connectivity index (χ0n) is 11.0. The smallest absolute Gasteiger partial charge is 0.129 e. The fraction of sp³-hybridized carbons (Fsp3) is 0.533. The van der Waals surface area contributed by atoms with Crippen molar-refractivity contribution >= 4 is 5.78 Å². The molecule has 0 radical (unpaired) electrons. The van der Waals surface area contributed by atoms with Crippen LogP contribution in [-0.2, 0) is 17.6 Å². The summed E-state index contributed by atoms with van der Waals surface area (Å²) in [4.78, 5) is 10.7. The third-order valence-corrected chi connectivity index (χ3v) is 2.43. The van der Waals surface area contributed by atoms with Gasteiger partial charge in [0.05, 0.1) is 0 Å². The topological polar surface area (TPSA) is 17.1 Å². The molecule has 0 aliphatic rings. The largest absolute Gasteiger partial charge is 0.300 e. The minimum absolute atomic E-state index is 0.287. The van der Waals surface area contributed by atoms with Gasteiger partial charge in [-0.05, 0) is 37.3 Å². The van der Waals surface area contributed by atoms with Gasteiger partial charge in [0.2, 0.25) is 0 Å². The molecule has 0 fully saturated rings. The van der Waals surface area contributed by atoms with Crippen LogP contribution in [0.15, 0.2) is 24.3 Å². The van der Waals surface area contributed by atoms with Gasteiger partial charge in [-0.2, -0.15) is 0 Å². The molecule has 0 saturated heterocycles. The van der Waals surface area contributed by atoms with E-state index in [4.69, 9.17) is 0 Å². The van der Waals surface area contributed by atoms with Crippen molar-refractivity contribution < 1.29 is 4.79 Å². The molecule has 1 aromatic rings. The van der Waals surface area contributed by atoms with Crippen molar-refractivity contribution in [2.75, 3.05) is 0 Å². The van der Waals surface area contributed by atoms with E-state index in [2.05, 4.69) is 31.2 Å². The van der Waals surface area contributed by atoms with Crippen LogP contribution in [0.5, 0.6) is 0 Å². The number of hydrogen-bond donors (Lipinski definition) is 0. The van der Waals surface area contributed by atoms with Crippen LogP contribution in [-0.4, -0.2) is 5.78 Å². The van der Waals surface area contributed by atoms with Gasteiger partial charge in [0.15, 0.2) is 0 Å². The second kappa shape index (κ2) is 9.14. The molecule has 0 aliphatic carbocycles. The summed E-state index contributed by atoms with van der Waals surface area (Å²) >= 11 is 0. The molecule has 0 atom stereocenters. The van der Waals surface area contributed by atoms with Crippen molar-refractivity contribution in [3.05, 3.63) is 35.4 Å². The molecule has 0 aromatic heterocycles. The second-order valence-corrected chi connectivity index (χ2v) is 3.73. The number of rotatable bonds is 5. The van der Waals surface area contributed by atoms with E-state index in [-0.39, 0.29) is 5.78 Å². The lowest BCUT2D eigenvalue weighted by Gasteiger charge is -2.01. The lowest BCUT2D eigenvalue weighted by atomic mass is 10.0. The zero-order valence-corrected chi connectivity index (χ0v) is 11.0. The Bertz CT molecular complexity index is 285. The van der Waals surface area contributed by atoms with Crippen molar-refractivity contribution in [1.29, 1.82) is 0 Å². The Labute approximate surface area is 99.9 Å². The first-order valence-corrected chi connectivity index (χ1v) is 6.29. The van der Waals surface area contributed by atoms with Crippen LogP contribution in [0.3, 0.4) is 0 Å². The first-order chi connectivity index (χ1) is 7.72. The van der Waals surface area contributed by atoms with E-state index >= 15 is 0 Å². The Morgan fingerprint density at radius 1 is 1.06 bits per heavy atom. The van der Waals surface area contributed by atoms with Gasteiger partial charge in [-0.15, -0.1) is 0 Å². The van der Waals surface area contributed by atoms with Crippen molar-refractivity contribution in [2.45, 2.75) is 53.4 Å². The highest BCUT2D eigenvalue weighted by Gasteiger charge is 1.96. The van der Waals surface area contributed by atoms with Crippen molar-refractivity contribution in [2.24, 2.45) is 0 Å². The van der Waals surface area contributed by atoms with E-state index in [1.807, 2.05) is 13.8 Å². The minimum Gasteiger partial charge on any atom is -0.300 e. The summed E-state index contributed by atoms with van der Waals surface area (Å²) in [5, 5.41) is 0. The van der Waals surface area contributed by atoms with Crippen molar-refractivity contribution in [1.82, 2.24) is 0 Å². The normalized spacial score (nSPS) is 9.25. The molecule has 0 unspecified atom stereocenters. The number of benzene rings is 1. The number of carbonyl (C=O) groups excluding carboxylic acids is 1. The molecule has 0 amide bonds. The summed E-state index contributed by atoms with van der Waals surface area (Å²) in [6, 6.07) is 8.67. The Hall–Kier alpha value is -1.11. The van der Waals surface area contributed by atoms with Crippen LogP contribution in [0, 0.1) is 0 Å². The van der Waals surface area contributed by atoms with Gasteiger partial charge >= 0.3 is 0 Å². The van der Waals surface area contributed by atoms with Crippen molar-refractivity contribution in [3.63, 3.8) is 0 Å². The maximum Gasteiger partial charge on any atom is 0.129 e. The quantitative estimate of drug-likeness (QED) is 0.727. The highest BCUT2D eigenvalue weighted by Crippen LogP contribution is 2.08. The number of carbonyl (C=O) groups is 1. The van der Waals surface area contributed by atoms with Gasteiger partial charge in [-0.1, -0.05) is 45.0 Å². The summed E-state index contributed by atoms with van der Waals surface area (Å²) < 4.78 is 0. The monoisotopic (exact) mass is 220 g/mol. The maximum absolute atomic E-state index is 10.7. The Balaban J connectivity index is 0.00000106. The van der Waals surface area contributed by atoms with E-state index in [1.165, 1.54) is 11.1 Å². The van der Waals surface area contributed by atoms with Crippen LogP contribution in [0.4, 0.5) is 0 Å². The van der Waals surface area contributed by atoms with Crippen molar-refractivity contribution in [3.8, 4) is 0 Å². The average molecular weight is 220 g/mol. The number of ketones is 1. The standard InChI is InChI=1S/C13H18O.C2H6/c1-3-12-7-9-13(10-8-12)6-4-5-11(2)14;1-2/h7-10H,3-6H2,1-2H3;1-2H3. The number of Topliss-reactive ketones (excluding diaryl/α,β-unsaturated/α-hetero) is 1. The van der Waals surface area contributed by atoms with Gasteiger partial charge in [-0.25, -0.2) is 0 Å². The van der Waals surface area contributed by atoms with E-state index < -0.39 is 0 Å². The average Bonchev–Trinajstić information content (AvgIpc) is 2.32. The summed E-state index contributed by atoms with van der Waals surface area (Å²) in [7, 11) is 0. The summed E-state index contributed by atoms with van der Waals surface area (Å²) in [6.45, 7) is 7.81. The van der Waals surface area contributed by atoms with E-state index in [1.54, 1.807) is 6.92 Å². The molecule has 0 bridgehead atoms. The SMILES string of the molecule is CC.CCc1ccc(CCCC(C)=O)cc1.